The third-order valence-electron chi connectivity index (χ3n) is 5.32. The maximum atomic E-state index is 12.6. The molecule has 1 aromatic heterocycles. The van der Waals surface area contributed by atoms with Crippen LogP contribution in [0.5, 0.6) is 0 Å². The van der Waals surface area contributed by atoms with Crippen molar-refractivity contribution in [3.05, 3.63) is 71.6 Å². The summed E-state index contributed by atoms with van der Waals surface area (Å²) in [4.78, 5) is 9.36. The average Bonchev–Trinajstić information content (AvgIpc) is 2.74. The van der Waals surface area contributed by atoms with Gasteiger partial charge in [0.2, 0.25) is 0 Å². The van der Waals surface area contributed by atoms with Crippen molar-refractivity contribution in [2.45, 2.75) is 6.92 Å². The number of aromatic nitrogens is 1. The Morgan fingerprint density at radius 2 is 1.73 bits per heavy atom. The van der Waals surface area contributed by atoms with E-state index in [0.717, 1.165) is 48.5 Å². The van der Waals surface area contributed by atoms with Gasteiger partial charge in [-0.1, -0.05) is 30.3 Å². The van der Waals surface area contributed by atoms with E-state index in [1.165, 1.54) is 5.41 Å². The van der Waals surface area contributed by atoms with E-state index in [0.29, 0.717) is 11.3 Å². The van der Waals surface area contributed by atoms with Crippen molar-refractivity contribution in [3.8, 4) is 0 Å². The van der Waals surface area contributed by atoms with Gasteiger partial charge in [-0.2, -0.15) is 0 Å². The Balaban J connectivity index is 1.53. The molecular weight excluding hydrogens is 396 g/mol. The van der Waals surface area contributed by atoms with Crippen molar-refractivity contribution in [1.82, 2.24) is 9.88 Å². The van der Waals surface area contributed by atoms with Crippen LogP contribution >= 0.6 is 0 Å². The number of allylic oxidation sites excluding steroid dienone is 1. The van der Waals surface area contributed by atoms with Gasteiger partial charge in [-0.3, -0.25) is 4.72 Å². The molecule has 1 saturated heterocycles. The molecule has 0 atom stereocenters. The van der Waals surface area contributed by atoms with Gasteiger partial charge in [-0.05, 0) is 55.4 Å². The lowest BCUT2D eigenvalue weighted by atomic mass is 10.1. The number of benzene rings is 2. The molecule has 0 spiro atoms. The summed E-state index contributed by atoms with van der Waals surface area (Å²) in [5.41, 5.74) is 2.93. The van der Waals surface area contributed by atoms with Gasteiger partial charge in [0.25, 0.3) is 10.0 Å². The first-order chi connectivity index (χ1) is 14.4. The standard InChI is InChI=1S/C23H26N4O2S/c1-18(19-6-4-3-5-7-19)17-30(28,29)25-21-9-10-22-20(16-21)8-11-23(24-22)27-14-12-26(2)13-15-27/h3-11,16-17,25H,12-15H2,1-2H3. The Kier molecular flexibility index (Phi) is 5.74. The molecule has 0 bridgehead atoms. The zero-order valence-corrected chi connectivity index (χ0v) is 18.1. The molecule has 0 saturated carbocycles. The third kappa shape index (κ3) is 4.80. The molecule has 1 N–H and O–H groups in total. The van der Waals surface area contributed by atoms with E-state index in [1.807, 2.05) is 54.6 Å². The fourth-order valence-electron chi connectivity index (χ4n) is 3.59. The lowest BCUT2D eigenvalue weighted by Crippen LogP contribution is -2.44. The van der Waals surface area contributed by atoms with Gasteiger partial charge in [-0.15, -0.1) is 0 Å². The smallest absolute Gasteiger partial charge is 0.255 e. The maximum Gasteiger partial charge on any atom is 0.255 e. The van der Waals surface area contributed by atoms with Crippen molar-refractivity contribution < 1.29 is 8.42 Å². The number of anilines is 2. The van der Waals surface area contributed by atoms with E-state index < -0.39 is 10.0 Å². The molecule has 30 heavy (non-hydrogen) atoms. The van der Waals surface area contributed by atoms with Gasteiger partial charge in [0, 0.05) is 37.3 Å². The fourth-order valence-corrected chi connectivity index (χ4v) is 4.70. The zero-order chi connectivity index (χ0) is 21.1. The molecule has 156 valence electrons. The number of sulfonamides is 1. The maximum absolute atomic E-state index is 12.6. The molecule has 0 unspecified atom stereocenters. The summed E-state index contributed by atoms with van der Waals surface area (Å²) in [6, 6.07) is 18.9. The molecule has 2 aromatic carbocycles. The Labute approximate surface area is 177 Å². The van der Waals surface area contributed by atoms with Gasteiger partial charge < -0.3 is 9.80 Å². The number of hydrogen-bond acceptors (Lipinski definition) is 5. The van der Waals surface area contributed by atoms with Gasteiger partial charge >= 0.3 is 0 Å². The Hall–Kier alpha value is -2.90. The lowest BCUT2D eigenvalue weighted by Gasteiger charge is -2.33. The Bertz CT molecular complexity index is 1170. The van der Waals surface area contributed by atoms with Crippen molar-refractivity contribution in [3.63, 3.8) is 0 Å². The second-order valence-corrected chi connectivity index (χ2v) is 9.21. The van der Waals surface area contributed by atoms with Crippen molar-refractivity contribution >= 4 is 38.0 Å². The Morgan fingerprint density at radius 3 is 2.47 bits per heavy atom. The number of piperazine rings is 1. The molecule has 4 rings (SSSR count). The van der Waals surface area contributed by atoms with Crippen LogP contribution < -0.4 is 9.62 Å². The predicted molar refractivity (Wildman–Crippen MR) is 124 cm³/mol. The largest absolute Gasteiger partial charge is 0.354 e. The minimum Gasteiger partial charge on any atom is -0.354 e. The predicted octanol–water partition coefficient (Wildman–Crippen LogP) is 3.79. The summed E-state index contributed by atoms with van der Waals surface area (Å²) in [6.07, 6.45) is 0. The Morgan fingerprint density at radius 1 is 1.00 bits per heavy atom. The summed E-state index contributed by atoms with van der Waals surface area (Å²) < 4.78 is 27.8. The van der Waals surface area contributed by atoms with Crippen LogP contribution in [0.3, 0.4) is 0 Å². The second kappa shape index (κ2) is 8.45. The molecule has 6 nitrogen and oxygen atoms in total. The van der Waals surface area contributed by atoms with Crippen molar-refractivity contribution in [1.29, 1.82) is 0 Å². The zero-order valence-electron chi connectivity index (χ0n) is 17.2. The normalized spacial score (nSPS) is 16.1. The summed E-state index contributed by atoms with van der Waals surface area (Å²) in [6.45, 7) is 5.76. The van der Waals surface area contributed by atoms with Crippen LogP contribution in [0, 0.1) is 0 Å². The van der Waals surface area contributed by atoms with Gasteiger partial charge in [0.05, 0.1) is 10.9 Å². The fraction of sp³-hybridized carbons (Fsp3) is 0.261. The minimum absolute atomic E-state index is 0.522. The lowest BCUT2D eigenvalue weighted by molar-refractivity contribution is 0.312. The number of hydrogen-bond donors (Lipinski definition) is 1. The van der Waals surface area contributed by atoms with Crippen LogP contribution in [0.25, 0.3) is 16.5 Å². The topological polar surface area (TPSA) is 65.5 Å². The van der Waals surface area contributed by atoms with E-state index in [4.69, 9.17) is 4.98 Å². The number of nitrogens with one attached hydrogen (secondary N) is 1. The highest BCUT2D eigenvalue weighted by molar-refractivity contribution is 7.95. The number of pyridine rings is 1. The van der Waals surface area contributed by atoms with Crippen LogP contribution in [0.1, 0.15) is 12.5 Å². The molecule has 0 radical (unpaired) electrons. The van der Waals surface area contributed by atoms with Gasteiger partial charge in [-0.25, -0.2) is 13.4 Å². The summed E-state index contributed by atoms with van der Waals surface area (Å²) in [5.74, 6) is 0.963. The van der Waals surface area contributed by atoms with Crippen molar-refractivity contribution in [2.24, 2.45) is 0 Å². The van der Waals surface area contributed by atoms with E-state index in [-0.39, 0.29) is 0 Å². The molecule has 1 fully saturated rings. The van der Waals surface area contributed by atoms with Crippen LogP contribution in [0.4, 0.5) is 11.5 Å². The van der Waals surface area contributed by atoms with Crippen LogP contribution in [-0.2, 0) is 10.0 Å². The average molecular weight is 423 g/mol. The van der Waals surface area contributed by atoms with E-state index in [9.17, 15) is 8.42 Å². The third-order valence-corrected chi connectivity index (χ3v) is 6.51. The molecule has 3 aromatic rings. The summed E-state index contributed by atoms with van der Waals surface area (Å²) >= 11 is 0. The number of likely N-dealkylation sites (N-methyl/N-ethyl adjacent to an activating group) is 1. The number of fused-ring (bicyclic) bond motifs is 1. The molecule has 2 heterocycles. The highest BCUT2D eigenvalue weighted by Crippen LogP contribution is 2.23. The molecular formula is C23H26N4O2S. The molecule has 1 aliphatic heterocycles. The quantitative estimate of drug-likeness (QED) is 0.678. The highest BCUT2D eigenvalue weighted by atomic mass is 32.2. The van der Waals surface area contributed by atoms with Crippen LogP contribution in [0.15, 0.2) is 66.1 Å². The minimum atomic E-state index is -3.63. The first-order valence-corrected chi connectivity index (χ1v) is 11.6. The number of nitrogens with zero attached hydrogens (tertiary/aromatic N) is 3. The van der Waals surface area contributed by atoms with Crippen LogP contribution in [0.2, 0.25) is 0 Å². The molecule has 1 aliphatic rings. The monoisotopic (exact) mass is 422 g/mol. The summed E-state index contributed by atoms with van der Waals surface area (Å²) in [7, 11) is -1.50. The van der Waals surface area contributed by atoms with E-state index in [1.54, 1.807) is 13.0 Å². The molecule has 7 heteroatoms. The van der Waals surface area contributed by atoms with Gasteiger partial charge in [0.1, 0.15) is 5.82 Å². The number of rotatable bonds is 5. The van der Waals surface area contributed by atoms with E-state index >= 15 is 0 Å². The second-order valence-electron chi connectivity index (χ2n) is 7.68. The molecule has 0 aliphatic carbocycles. The van der Waals surface area contributed by atoms with Crippen molar-refractivity contribution in [2.75, 3.05) is 42.8 Å². The first kappa shape index (κ1) is 20.4. The molecule has 0 amide bonds. The van der Waals surface area contributed by atoms with E-state index in [2.05, 4.69) is 21.6 Å². The van der Waals surface area contributed by atoms with Crippen LogP contribution in [-0.4, -0.2) is 51.5 Å². The first-order valence-electron chi connectivity index (χ1n) is 10.0. The van der Waals surface area contributed by atoms with Gasteiger partial charge in [0.15, 0.2) is 0 Å². The highest BCUT2D eigenvalue weighted by Gasteiger charge is 2.16. The SMILES string of the molecule is CC(=CS(=O)(=O)Nc1ccc2nc(N3CCN(C)CC3)ccc2c1)c1ccccc1. The summed E-state index contributed by atoms with van der Waals surface area (Å²) in [5, 5.41) is 2.16.